The highest BCUT2D eigenvalue weighted by atomic mass is 35.5. The molecule has 0 amide bonds. The fourth-order valence-electron chi connectivity index (χ4n) is 3.01. The second-order valence-corrected chi connectivity index (χ2v) is 8.29. The third kappa shape index (κ3) is 4.10. The zero-order chi connectivity index (χ0) is 20.4. The topological polar surface area (TPSA) is 34.9 Å². The minimum atomic E-state index is -0.176. The van der Waals surface area contributed by atoms with Crippen molar-refractivity contribution in [3.63, 3.8) is 0 Å². The number of rotatable bonds is 5. The minimum Gasteiger partial charge on any atom is -0.288 e. The maximum absolute atomic E-state index is 13.5. The van der Waals surface area contributed by atoms with Gasteiger partial charge in [-0.15, -0.1) is 0 Å². The Morgan fingerprint density at radius 3 is 2.24 bits per heavy atom. The molecule has 3 nitrogen and oxygen atoms in total. The van der Waals surface area contributed by atoms with Gasteiger partial charge in [-0.25, -0.2) is 4.68 Å². The Bertz CT molecular complexity index is 1170. The molecular formula is C23H16Cl2N2OS. The molecule has 0 atom stereocenters. The van der Waals surface area contributed by atoms with E-state index < -0.39 is 0 Å². The lowest BCUT2D eigenvalue weighted by Crippen LogP contribution is -2.05. The van der Waals surface area contributed by atoms with Gasteiger partial charge in [0.25, 0.3) is 0 Å². The number of hydrogen-bond donors (Lipinski definition) is 0. The molecule has 0 saturated heterocycles. The Kier molecular flexibility index (Phi) is 5.76. The average molecular weight is 439 g/mol. The predicted molar refractivity (Wildman–Crippen MR) is 119 cm³/mol. The van der Waals surface area contributed by atoms with Gasteiger partial charge in [-0.05, 0) is 49.4 Å². The van der Waals surface area contributed by atoms with E-state index in [1.807, 2.05) is 72.3 Å². The van der Waals surface area contributed by atoms with Crippen molar-refractivity contribution in [2.24, 2.45) is 0 Å². The quantitative estimate of drug-likeness (QED) is 0.318. The van der Waals surface area contributed by atoms with E-state index in [9.17, 15) is 4.79 Å². The summed E-state index contributed by atoms with van der Waals surface area (Å²) in [7, 11) is 0. The summed E-state index contributed by atoms with van der Waals surface area (Å²) < 4.78 is 1.81. The van der Waals surface area contributed by atoms with Crippen molar-refractivity contribution in [2.45, 2.75) is 16.8 Å². The summed E-state index contributed by atoms with van der Waals surface area (Å²) in [6.07, 6.45) is 0. The van der Waals surface area contributed by atoms with Crippen LogP contribution in [0.5, 0.6) is 0 Å². The van der Waals surface area contributed by atoms with Gasteiger partial charge in [-0.1, -0.05) is 71.4 Å². The Labute approximate surface area is 183 Å². The second-order valence-electron chi connectivity index (χ2n) is 6.38. The molecule has 0 bridgehead atoms. The number of ketones is 1. The van der Waals surface area contributed by atoms with Crippen LogP contribution >= 0.6 is 35.0 Å². The predicted octanol–water partition coefficient (Wildman–Crippen LogP) is 6.87. The van der Waals surface area contributed by atoms with E-state index in [-0.39, 0.29) is 5.78 Å². The number of carbonyl (C=O) groups excluding carboxylic acids is 1. The molecule has 0 N–H and O–H groups in total. The zero-order valence-electron chi connectivity index (χ0n) is 15.5. The van der Waals surface area contributed by atoms with Crippen molar-refractivity contribution in [1.29, 1.82) is 0 Å². The highest BCUT2D eigenvalue weighted by molar-refractivity contribution is 7.99. The Hall–Kier alpha value is -2.53. The molecule has 0 spiro atoms. The van der Waals surface area contributed by atoms with Crippen molar-refractivity contribution in [3.8, 4) is 5.69 Å². The largest absolute Gasteiger partial charge is 0.288 e. The Morgan fingerprint density at radius 1 is 0.931 bits per heavy atom. The molecule has 0 unspecified atom stereocenters. The van der Waals surface area contributed by atoms with Gasteiger partial charge in [0.1, 0.15) is 5.03 Å². The summed E-state index contributed by atoms with van der Waals surface area (Å²) in [4.78, 5) is 14.5. The number of aryl methyl sites for hydroxylation is 1. The maximum Gasteiger partial charge on any atom is 0.199 e. The number of hydrogen-bond acceptors (Lipinski definition) is 3. The first kappa shape index (κ1) is 19.8. The molecule has 0 aliphatic heterocycles. The summed E-state index contributed by atoms with van der Waals surface area (Å²) in [5.74, 6) is -0.176. The van der Waals surface area contributed by atoms with Crippen molar-refractivity contribution in [3.05, 3.63) is 106 Å². The standard InChI is InChI=1S/C23H16Cl2N2OS/c1-15-21(22(28)19-13-12-16(24)14-20(19)25)23(29-18-10-6-3-7-11-18)27(26-15)17-8-4-2-5-9-17/h2-14H,1H3. The summed E-state index contributed by atoms with van der Waals surface area (Å²) in [5, 5.41) is 6.24. The number of aromatic nitrogens is 2. The van der Waals surface area contributed by atoms with E-state index in [0.717, 1.165) is 15.6 Å². The monoisotopic (exact) mass is 438 g/mol. The molecule has 3 aromatic carbocycles. The van der Waals surface area contributed by atoms with Crippen LogP contribution in [-0.2, 0) is 0 Å². The molecule has 144 valence electrons. The Morgan fingerprint density at radius 2 is 1.59 bits per heavy atom. The molecule has 4 aromatic rings. The first-order chi connectivity index (χ1) is 14.0. The van der Waals surface area contributed by atoms with E-state index in [2.05, 4.69) is 5.10 Å². The van der Waals surface area contributed by atoms with E-state index in [0.29, 0.717) is 26.9 Å². The summed E-state index contributed by atoms with van der Waals surface area (Å²) in [5.41, 5.74) is 2.47. The molecule has 0 radical (unpaired) electrons. The molecule has 0 aliphatic rings. The van der Waals surface area contributed by atoms with Crippen LogP contribution in [0.3, 0.4) is 0 Å². The fraction of sp³-hybridized carbons (Fsp3) is 0.0435. The fourth-order valence-corrected chi connectivity index (χ4v) is 4.60. The maximum atomic E-state index is 13.5. The zero-order valence-corrected chi connectivity index (χ0v) is 17.8. The molecule has 29 heavy (non-hydrogen) atoms. The van der Waals surface area contributed by atoms with Crippen LogP contribution < -0.4 is 0 Å². The van der Waals surface area contributed by atoms with Gasteiger partial charge in [0, 0.05) is 15.5 Å². The lowest BCUT2D eigenvalue weighted by Gasteiger charge is -2.10. The average Bonchev–Trinajstić information content (AvgIpc) is 3.05. The molecule has 1 aromatic heterocycles. The summed E-state index contributed by atoms with van der Waals surface area (Å²) in [6.45, 7) is 1.84. The number of nitrogens with zero attached hydrogens (tertiary/aromatic N) is 2. The number of carbonyl (C=O) groups is 1. The van der Waals surface area contributed by atoms with Crippen LogP contribution in [0.4, 0.5) is 0 Å². The van der Waals surface area contributed by atoms with Gasteiger partial charge in [0.15, 0.2) is 5.78 Å². The van der Waals surface area contributed by atoms with Crippen LogP contribution in [0.1, 0.15) is 21.6 Å². The number of benzene rings is 3. The molecule has 6 heteroatoms. The van der Waals surface area contributed by atoms with Gasteiger partial charge in [-0.3, -0.25) is 4.79 Å². The van der Waals surface area contributed by atoms with Crippen molar-refractivity contribution in [2.75, 3.05) is 0 Å². The SMILES string of the molecule is Cc1nn(-c2ccccc2)c(Sc2ccccc2)c1C(=O)c1ccc(Cl)cc1Cl. The molecule has 4 rings (SSSR count). The lowest BCUT2D eigenvalue weighted by molar-refractivity contribution is 0.103. The van der Waals surface area contributed by atoms with Crippen LogP contribution in [0.15, 0.2) is 88.8 Å². The van der Waals surface area contributed by atoms with Gasteiger partial charge in [0.05, 0.1) is 22.0 Å². The van der Waals surface area contributed by atoms with Crippen molar-refractivity contribution < 1.29 is 4.79 Å². The first-order valence-electron chi connectivity index (χ1n) is 8.92. The Balaban J connectivity index is 1.89. The highest BCUT2D eigenvalue weighted by Crippen LogP contribution is 2.36. The second kappa shape index (κ2) is 8.46. The van der Waals surface area contributed by atoms with Crippen molar-refractivity contribution in [1.82, 2.24) is 9.78 Å². The molecule has 0 aliphatic carbocycles. The van der Waals surface area contributed by atoms with E-state index >= 15 is 0 Å². The lowest BCUT2D eigenvalue weighted by atomic mass is 10.0. The number of para-hydroxylation sites is 1. The normalized spacial score (nSPS) is 10.9. The number of halogens is 2. The first-order valence-corrected chi connectivity index (χ1v) is 10.5. The molecule has 0 saturated carbocycles. The summed E-state index contributed by atoms with van der Waals surface area (Å²) in [6, 6.07) is 24.6. The van der Waals surface area contributed by atoms with Crippen LogP contribution in [0.2, 0.25) is 10.0 Å². The third-order valence-corrected chi connectivity index (χ3v) is 6.01. The molecule has 0 fully saturated rings. The van der Waals surface area contributed by atoms with E-state index in [1.165, 1.54) is 11.8 Å². The van der Waals surface area contributed by atoms with E-state index in [4.69, 9.17) is 23.2 Å². The van der Waals surface area contributed by atoms with Crippen molar-refractivity contribution >= 4 is 40.7 Å². The van der Waals surface area contributed by atoms with Crippen LogP contribution in [-0.4, -0.2) is 15.6 Å². The smallest absolute Gasteiger partial charge is 0.199 e. The molecular weight excluding hydrogens is 423 g/mol. The van der Waals surface area contributed by atoms with Gasteiger partial charge in [0.2, 0.25) is 0 Å². The van der Waals surface area contributed by atoms with Gasteiger partial charge >= 0.3 is 0 Å². The van der Waals surface area contributed by atoms with Gasteiger partial charge < -0.3 is 0 Å². The molecule has 1 heterocycles. The van der Waals surface area contributed by atoms with E-state index in [1.54, 1.807) is 18.2 Å². The highest BCUT2D eigenvalue weighted by Gasteiger charge is 2.25. The van der Waals surface area contributed by atoms with Gasteiger partial charge in [-0.2, -0.15) is 5.10 Å². The third-order valence-electron chi connectivity index (χ3n) is 4.38. The minimum absolute atomic E-state index is 0.176. The van der Waals surface area contributed by atoms with Crippen LogP contribution in [0, 0.1) is 6.92 Å². The van der Waals surface area contributed by atoms with Crippen LogP contribution in [0.25, 0.3) is 5.69 Å². The summed E-state index contributed by atoms with van der Waals surface area (Å²) >= 11 is 13.8.